The van der Waals surface area contributed by atoms with Crippen LogP contribution in [0.3, 0.4) is 0 Å². The van der Waals surface area contributed by atoms with E-state index < -0.39 is 33.1 Å². The molecule has 10 heteroatoms. The van der Waals surface area contributed by atoms with E-state index >= 15 is 0 Å². The quantitative estimate of drug-likeness (QED) is 0.445. The van der Waals surface area contributed by atoms with Crippen molar-refractivity contribution in [2.45, 2.75) is 12.5 Å². The normalized spacial score (nSPS) is 12.4. The molecule has 0 aliphatic rings. The molecule has 100 valence electrons. The molecule has 0 bridgehead atoms. The molecule has 1 heterocycles. The molecule has 0 saturated carbocycles. The van der Waals surface area contributed by atoms with Crippen molar-refractivity contribution in [1.82, 2.24) is 4.98 Å². The molecule has 1 aromatic heterocycles. The van der Waals surface area contributed by atoms with Gasteiger partial charge in [-0.15, -0.1) is 13.2 Å². The summed E-state index contributed by atoms with van der Waals surface area (Å²) in [6.45, 7) is 0. The fraction of sp³-hybridized carbons (Fsp3) is 0.250. The van der Waals surface area contributed by atoms with Crippen LogP contribution in [0.15, 0.2) is 6.20 Å². The summed E-state index contributed by atoms with van der Waals surface area (Å²) in [7, 11) is 0. The lowest BCUT2D eigenvalue weighted by Crippen LogP contribution is -2.21. The largest absolute Gasteiger partial charge is 0.573 e. The molecule has 0 saturated heterocycles. The number of carbonyl (C=O) groups excluding carboxylic acids is 1. The molecule has 1 rings (SSSR count). The number of aldehydes is 1. The summed E-state index contributed by atoms with van der Waals surface area (Å²) >= 11 is 1.08. The van der Waals surface area contributed by atoms with Crippen molar-refractivity contribution < 1.29 is 35.9 Å². The minimum atomic E-state index is -5.28. The molecule has 0 atom stereocenters. The fourth-order valence-corrected chi connectivity index (χ4v) is 1.87. The summed E-state index contributed by atoms with van der Waals surface area (Å²) in [4.78, 5) is 13.6. The highest BCUT2D eigenvalue weighted by Gasteiger charge is 2.42. The molecule has 3 nitrogen and oxygen atoms in total. The maximum atomic E-state index is 12.6. The van der Waals surface area contributed by atoms with Gasteiger partial charge in [0.2, 0.25) is 0 Å². The summed E-state index contributed by atoms with van der Waals surface area (Å²) in [5.41, 5.74) is -2.30. The van der Waals surface area contributed by atoms with E-state index in [4.69, 9.17) is 0 Å². The van der Waals surface area contributed by atoms with Gasteiger partial charge in [0.05, 0.1) is 9.77 Å². The van der Waals surface area contributed by atoms with Gasteiger partial charge in [-0.25, -0.2) is 4.98 Å². The van der Waals surface area contributed by atoms with Gasteiger partial charge in [-0.1, -0.05) is 0 Å². The Morgan fingerprint density at radius 1 is 1.22 bits per heavy atom. The number of pyridine rings is 1. The van der Waals surface area contributed by atoms with Crippen LogP contribution in [-0.4, -0.2) is 17.6 Å². The molecule has 18 heavy (non-hydrogen) atoms. The van der Waals surface area contributed by atoms with Crippen LogP contribution in [-0.2, 0) is 6.18 Å². The summed E-state index contributed by atoms with van der Waals surface area (Å²) in [6, 6.07) is 0. The van der Waals surface area contributed by atoms with E-state index in [0.29, 0.717) is 0 Å². The molecule has 0 radical (unpaired) electrons. The van der Waals surface area contributed by atoms with Gasteiger partial charge >= 0.3 is 12.5 Å². The zero-order valence-electron chi connectivity index (χ0n) is 8.06. The number of aromatic nitrogens is 1. The van der Waals surface area contributed by atoms with E-state index in [1.54, 1.807) is 0 Å². The molecular formula is C8H2F6INO2. The first-order valence-corrected chi connectivity index (χ1v) is 5.10. The van der Waals surface area contributed by atoms with Gasteiger partial charge in [-0.05, 0) is 22.6 Å². The fourth-order valence-electron chi connectivity index (χ4n) is 1.03. The van der Waals surface area contributed by atoms with Crippen molar-refractivity contribution in [3.05, 3.63) is 21.0 Å². The first-order valence-electron chi connectivity index (χ1n) is 4.03. The third-order valence-corrected chi connectivity index (χ3v) is 2.72. The molecule has 1 aromatic rings. The van der Waals surface area contributed by atoms with E-state index in [9.17, 15) is 31.1 Å². The van der Waals surface area contributed by atoms with Crippen molar-refractivity contribution >= 4 is 28.9 Å². The second-order valence-corrected chi connectivity index (χ2v) is 3.94. The Hall–Kier alpha value is -1.07. The van der Waals surface area contributed by atoms with Gasteiger partial charge in [0, 0.05) is 0 Å². The van der Waals surface area contributed by atoms with Gasteiger partial charge in [0.15, 0.2) is 12.0 Å². The molecular weight excluding hydrogens is 383 g/mol. The maximum absolute atomic E-state index is 12.6. The van der Waals surface area contributed by atoms with Gasteiger partial charge in [-0.3, -0.25) is 4.79 Å². The second kappa shape index (κ2) is 4.90. The van der Waals surface area contributed by atoms with Crippen LogP contribution < -0.4 is 4.74 Å². The number of nitrogens with zero attached hydrogens (tertiary/aromatic N) is 1. The lowest BCUT2D eigenvalue weighted by Gasteiger charge is -2.16. The zero-order valence-corrected chi connectivity index (χ0v) is 10.2. The lowest BCUT2D eigenvalue weighted by molar-refractivity contribution is -0.276. The van der Waals surface area contributed by atoms with Crippen LogP contribution >= 0.6 is 22.6 Å². The Morgan fingerprint density at radius 2 is 1.78 bits per heavy atom. The molecule has 0 aliphatic carbocycles. The molecule has 0 unspecified atom stereocenters. The van der Waals surface area contributed by atoms with Crippen LogP contribution in [0.25, 0.3) is 0 Å². The molecule has 0 amide bonds. The van der Waals surface area contributed by atoms with Crippen molar-refractivity contribution in [1.29, 1.82) is 0 Å². The van der Waals surface area contributed by atoms with Crippen LogP contribution in [0.5, 0.6) is 5.75 Å². The second-order valence-electron chi connectivity index (χ2n) is 2.86. The topological polar surface area (TPSA) is 39.2 Å². The van der Waals surface area contributed by atoms with Crippen molar-refractivity contribution in [3.63, 3.8) is 0 Å². The van der Waals surface area contributed by atoms with Gasteiger partial charge in [0.1, 0.15) is 11.3 Å². The minimum Gasteiger partial charge on any atom is -0.403 e. The highest BCUT2D eigenvalue weighted by molar-refractivity contribution is 14.1. The Morgan fingerprint density at radius 3 is 2.17 bits per heavy atom. The average molecular weight is 385 g/mol. The number of alkyl halides is 6. The summed E-state index contributed by atoms with van der Waals surface area (Å²) in [6.07, 6.45) is -10.2. The van der Waals surface area contributed by atoms with E-state index in [1.165, 1.54) is 0 Å². The monoisotopic (exact) mass is 385 g/mol. The molecule has 0 fully saturated rings. The summed E-state index contributed by atoms with van der Waals surface area (Å²) in [5.74, 6) is -1.50. The van der Waals surface area contributed by atoms with Crippen LogP contribution in [0.1, 0.15) is 16.1 Å². The first kappa shape index (κ1) is 15.0. The van der Waals surface area contributed by atoms with E-state index in [-0.39, 0.29) is 12.5 Å². The predicted octanol–water partition coefficient (Wildman–Crippen LogP) is 3.42. The summed E-state index contributed by atoms with van der Waals surface area (Å²) < 4.78 is 76.1. The number of rotatable bonds is 2. The molecule has 0 aromatic carbocycles. The Labute approximate surface area is 109 Å². The zero-order chi connectivity index (χ0) is 14.1. The van der Waals surface area contributed by atoms with E-state index in [2.05, 4.69) is 9.72 Å². The highest BCUT2D eigenvalue weighted by Crippen LogP contribution is 2.41. The van der Waals surface area contributed by atoms with Crippen molar-refractivity contribution in [2.24, 2.45) is 0 Å². The predicted molar refractivity (Wildman–Crippen MR) is 54.0 cm³/mol. The third-order valence-electron chi connectivity index (χ3n) is 1.63. The smallest absolute Gasteiger partial charge is 0.403 e. The van der Waals surface area contributed by atoms with Crippen molar-refractivity contribution in [3.8, 4) is 5.75 Å². The average Bonchev–Trinajstić information content (AvgIpc) is 2.13. The highest BCUT2D eigenvalue weighted by atomic mass is 127. The SMILES string of the molecule is O=Cc1ncc(OC(F)(F)F)c(C(F)(F)F)c1I. The van der Waals surface area contributed by atoms with Gasteiger partial charge in [0.25, 0.3) is 0 Å². The number of hydrogen-bond acceptors (Lipinski definition) is 3. The first-order chi connectivity index (χ1) is 8.06. The van der Waals surface area contributed by atoms with Crippen LogP contribution in [0, 0.1) is 3.57 Å². The third kappa shape index (κ3) is 3.46. The number of halogens is 7. The van der Waals surface area contributed by atoms with Crippen LogP contribution in [0.2, 0.25) is 0 Å². The van der Waals surface area contributed by atoms with Crippen molar-refractivity contribution in [2.75, 3.05) is 0 Å². The Balaban J connectivity index is 3.44. The standard InChI is InChI=1S/C8H2F6INO2/c9-7(10,11)5-4(18-8(12,13)14)1-16-3(2-17)6(5)15/h1-2H. The van der Waals surface area contributed by atoms with Crippen LogP contribution in [0.4, 0.5) is 26.3 Å². The van der Waals surface area contributed by atoms with E-state index in [1.807, 2.05) is 0 Å². The Kier molecular flexibility index (Phi) is 4.08. The number of hydrogen-bond donors (Lipinski definition) is 0. The summed E-state index contributed by atoms with van der Waals surface area (Å²) in [5, 5.41) is 0. The Bertz CT molecular complexity index is 470. The van der Waals surface area contributed by atoms with E-state index in [0.717, 1.165) is 22.6 Å². The number of ether oxygens (including phenoxy) is 1. The number of carbonyl (C=O) groups is 1. The molecule has 0 N–H and O–H groups in total. The lowest BCUT2D eigenvalue weighted by atomic mass is 10.2. The molecule has 0 aliphatic heterocycles. The van der Waals surface area contributed by atoms with Gasteiger partial charge in [-0.2, -0.15) is 13.2 Å². The minimum absolute atomic E-state index is 0.00832. The van der Waals surface area contributed by atoms with Gasteiger partial charge < -0.3 is 4.74 Å². The maximum Gasteiger partial charge on any atom is 0.573 e. The molecule has 0 spiro atoms.